The average molecular weight is 398 g/mol. The highest BCUT2D eigenvalue weighted by Gasteiger charge is 2.03. The summed E-state index contributed by atoms with van der Waals surface area (Å²) in [4.78, 5) is 11.8. The van der Waals surface area contributed by atoms with E-state index < -0.39 is 0 Å². The maximum atomic E-state index is 11.8. The molecule has 2 rings (SSSR count). The highest BCUT2D eigenvalue weighted by molar-refractivity contribution is 7.98. The Bertz CT molecular complexity index is 668. The van der Waals surface area contributed by atoms with Gasteiger partial charge >= 0.3 is 0 Å². The van der Waals surface area contributed by atoms with Gasteiger partial charge in [-0.2, -0.15) is 11.8 Å². The normalized spacial score (nSPS) is 10.5. The molecule has 0 unspecified atom stereocenters. The summed E-state index contributed by atoms with van der Waals surface area (Å²) in [7, 11) is 0. The van der Waals surface area contributed by atoms with Crippen LogP contribution in [0.1, 0.15) is 18.4 Å². The zero-order chi connectivity index (χ0) is 17.9. The van der Waals surface area contributed by atoms with Crippen molar-refractivity contribution in [2.75, 3.05) is 18.9 Å². The largest absolute Gasteiger partial charge is 0.494 e. The van der Waals surface area contributed by atoms with E-state index in [2.05, 4.69) is 5.32 Å². The van der Waals surface area contributed by atoms with Gasteiger partial charge in [-0.15, -0.1) is 0 Å². The predicted octanol–water partition coefficient (Wildman–Crippen LogP) is 5.20. The summed E-state index contributed by atoms with van der Waals surface area (Å²) in [6.45, 7) is 1.19. The molecule has 0 heterocycles. The molecule has 0 bridgehead atoms. The quantitative estimate of drug-likeness (QED) is 0.559. The third kappa shape index (κ3) is 8.04. The lowest BCUT2D eigenvalue weighted by Crippen LogP contribution is -2.25. The second-order valence-corrected chi connectivity index (χ2v) is 7.35. The fraction of sp³-hybridized carbons (Fsp3) is 0.316. The number of halogens is 2. The number of carbonyl (C=O) groups excluding carboxylic acids is 1. The molecule has 0 radical (unpaired) electrons. The average Bonchev–Trinajstić information content (AvgIpc) is 2.61. The van der Waals surface area contributed by atoms with Crippen LogP contribution in [0.3, 0.4) is 0 Å². The topological polar surface area (TPSA) is 38.3 Å². The molecule has 2 aromatic carbocycles. The van der Waals surface area contributed by atoms with Crippen molar-refractivity contribution in [2.24, 2.45) is 0 Å². The molecule has 0 aliphatic rings. The predicted molar refractivity (Wildman–Crippen MR) is 107 cm³/mol. The minimum Gasteiger partial charge on any atom is -0.494 e. The van der Waals surface area contributed by atoms with Gasteiger partial charge in [0.1, 0.15) is 5.75 Å². The number of amides is 1. The monoisotopic (exact) mass is 397 g/mol. The van der Waals surface area contributed by atoms with Crippen LogP contribution in [0.2, 0.25) is 10.0 Å². The molecule has 1 N–H and O–H groups in total. The molecule has 0 saturated heterocycles. The molecule has 1 amide bonds. The molecule has 0 fully saturated rings. The van der Waals surface area contributed by atoms with Crippen LogP contribution in [0.4, 0.5) is 0 Å². The van der Waals surface area contributed by atoms with Crippen LogP contribution in [0.5, 0.6) is 5.75 Å². The van der Waals surface area contributed by atoms with Gasteiger partial charge in [0.15, 0.2) is 0 Å². The van der Waals surface area contributed by atoms with E-state index in [-0.39, 0.29) is 5.91 Å². The highest BCUT2D eigenvalue weighted by Crippen LogP contribution is 2.24. The number of rotatable bonds is 10. The Hall–Kier alpha value is -1.36. The Morgan fingerprint density at radius 3 is 2.68 bits per heavy atom. The number of hydrogen-bond donors (Lipinski definition) is 1. The standard InChI is InChI=1S/C19H21Cl2NO2S/c20-16-9-8-15(18(21)13-16)14-25-12-10-22-19(23)7-4-11-24-17-5-2-1-3-6-17/h1-3,5-6,8-9,13H,4,7,10-12,14H2,(H,22,23). The minimum absolute atomic E-state index is 0.0572. The number of ether oxygens (including phenoxy) is 1. The molecule has 0 saturated carbocycles. The van der Waals surface area contributed by atoms with Gasteiger partial charge in [0.2, 0.25) is 5.91 Å². The van der Waals surface area contributed by atoms with Crippen molar-refractivity contribution in [1.29, 1.82) is 0 Å². The molecular weight excluding hydrogens is 377 g/mol. The first-order valence-corrected chi connectivity index (χ1v) is 10.0. The van der Waals surface area contributed by atoms with Crippen LogP contribution in [-0.2, 0) is 10.5 Å². The summed E-state index contributed by atoms with van der Waals surface area (Å²) in [5.74, 6) is 2.53. The van der Waals surface area contributed by atoms with Crippen molar-refractivity contribution in [3.63, 3.8) is 0 Å². The molecule has 0 aliphatic heterocycles. The SMILES string of the molecule is O=C(CCCOc1ccccc1)NCCSCc1ccc(Cl)cc1Cl. The van der Waals surface area contributed by atoms with Crippen molar-refractivity contribution in [1.82, 2.24) is 5.32 Å². The third-order valence-electron chi connectivity index (χ3n) is 3.40. The molecule has 0 atom stereocenters. The Morgan fingerprint density at radius 1 is 1.12 bits per heavy atom. The zero-order valence-corrected chi connectivity index (χ0v) is 16.2. The summed E-state index contributed by atoms with van der Waals surface area (Å²) in [5.41, 5.74) is 1.06. The molecule has 3 nitrogen and oxygen atoms in total. The van der Waals surface area contributed by atoms with Crippen LogP contribution in [-0.4, -0.2) is 24.8 Å². The van der Waals surface area contributed by atoms with Crippen molar-refractivity contribution in [3.05, 3.63) is 64.1 Å². The van der Waals surface area contributed by atoms with Crippen molar-refractivity contribution in [2.45, 2.75) is 18.6 Å². The van der Waals surface area contributed by atoms with Gasteiger partial charge in [-0.3, -0.25) is 4.79 Å². The van der Waals surface area contributed by atoms with E-state index in [9.17, 15) is 4.79 Å². The Kier molecular flexibility index (Phi) is 9.02. The van der Waals surface area contributed by atoms with Gasteiger partial charge in [0, 0.05) is 34.5 Å². The molecule has 2 aromatic rings. The van der Waals surface area contributed by atoms with Crippen LogP contribution in [0.25, 0.3) is 0 Å². The number of thioether (sulfide) groups is 1. The summed E-state index contributed by atoms with van der Waals surface area (Å²) in [6, 6.07) is 15.1. The van der Waals surface area contributed by atoms with E-state index in [1.54, 1.807) is 17.8 Å². The van der Waals surface area contributed by atoms with Gasteiger partial charge in [-0.25, -0.2) is 0 Å². The highest BCUT2D eigenvalue weighted by atomic mass is 35.5. The number of hydrogen-bond acceptors (Lipinski definition) is 3. The van der Waals surface area contributed by atoms with Gasteiger partial charge in [-0.1, -0.05) is 47.5 Å². The van der Waals surface area contributed by atoms with Crippen LogP contribution < -0.4 is 10.1 Å². The summed E-state index contributed by atoms with van der Waals surface area (Å²) in [6.07, 6.45) is 1.18. The lowest BCUT2D eigenvalue weighted by atomic mass is 10.2. The number of benzene rings is 2. The van der Waals surface area contributed by atoms with Crippen molar-refractivity contribution in [3.8, 4) is 5.75 Å². The number of para-hydroxylation sites is 1. The lowest BCUT2D eigenvalue weighted by Gasteiger charge is -2.08. The molecule has 25 heavy (non-hydrogen) atoms. The molecule has 0 spiro atoms. The Labute approximate surface area is 163 Å². The second-order valence-electron chi connectivity index (χ2n) is 5.40. The van der Waals surface area contributed by atoms with Gasteiger partial charge in [0.05, 0.1) is 6.61 Å². The van der Waals surface area contributed by atoms with E-state index in [4.69, 9.17) is 27.9 Å². The van der Waals surface area contributed by atoms with Crippen molar-refractivity contribution >= 4 is 40.9 Å². The molecule has 0 aliphatic carbocycles. The van der Waals surface area contributed by atoms with Crippen LogP contribution >= 0.6 is 35.0 Å². The fourth-order valence-corrected chi connectivity index (χ4v) is 3.53. The van der Waals surface area contributed by atoms with Gasteiger partial charge in [-0.05, 0) is 36.2 Å². The van der Waals surface area contributed by atoms with Crippen LogP contribution in [0, 0.1) is 0 Å². The molecule has 134 valence electrons. The lowest BCUT2D eigenvalue weighted by molar-refractivity contribution is -0.121. The van der Waals surface area contributed by atoms with E-state index in [0.29, 0.717) is 36.0 Å². The van der Waals surface area contributed by atoms with Gasteiger partial charge in [0.25, 0.3) is 0 Å². The maximum Gasteiger partial charge on any atom is 0.220 e. The summed E-state index contributed by atoms with van der Waals surface area (Å²) < 4.78 is 5.56. The van der Waals surface area contributed by atoms with E-state index >= 15 is 0 Å². The molecule has 0 aromatic heterocycles. The van der Waals surface area contributed by atoms with Crippen LogP contribution in [0.15, 0.2) is 48.5 Å². The first-order chi connectivity index (χ1) is 12.1. The van der Waals surface area contributed by atoms with Gasteiger partial charge < -0.3 is 10.1 Å². The second kappa shape index (κ2) is 11.3. The smallest absolute Gasteiger partial charge is 0.220 e. The first-order valence-electron chi connectivity index (χ1n) is 8.11. The minimum atomic E-state index is 0.0572. The summed E-state index contributed by atoms with van der Waals surface area (Å²) in [5, 5.41) is 4.25. The van der Waals surface area contributed by atoms with Crippen molar-refractivity contribution < 1.29 is 9.53 Å². The van der Waals surface area contributed by atoms with E-state index in [1.807, 2.05) is 42.5 Å². The number of carbonyl (C=O) groups is 1. The summed E-state index contributed by atoms with van der Waals surface area (Å²) >= 11 is 13.7. The maximum absolute atomic E-state index is 11.8. The van der Waals surface area contributed by atoms with E-state index in [1.165, 1.54) is 0 Å². The Morgan fingerprint density at radius 2 is 1.92 bits per heavy atom. The van der Waals surface area contributed by atoms with E-state index in [0.717, 1.165) is 22.8 Å². The third-order valence-corrected chi connectivity index (χ3v) is 5.00. The first kappa shape index (κ1) is 20.0. The molecule has 6 heteroatoms. The fourth-order valence-electron chi connectivity index (χ4n) is 2.11. The Balaban J connectivity index is 1.50. The number of nitrogens with one attached hydrogen (secondary N) is 1. The molecular formula is C19H21Cl2NO2S. The zero-order valence-electron chi connectivity index (χ0n) is 13.8.